The highest BCUT2D eigenvalue weighted by Crippen LogP contribution is 2.05. The first-order chi connectivity index (χ1) is 8.65. The van der Waals surface area contributed by atoms with Crippen LogP contribution in [0.5, 0.6) is 0 Å². The number of hydrogen-bond donors (Lipinski definition) is 0. The molecule has 0 fully saturated rings. The van der Waals surface area contributed by atoms with Crippen molar-refractivity contribution in [2.24, 2.45) is 0 Å². The lowest BCUT2D eigenvalue weighted by atomic mass is 10.2. The zero-order chi connectivity index (χ0) is 15.2. The molecular weight excluding hydrogens is 236 g/mol. The van der Waals surface area contributed by atoms with Crippen LogP contribution in [0.25, 0.3) is 0 Å². The van der Waals surface area contributed by atoms with E-state index in [1.807, 2.05) is 0 Å². The van der Waals surface area contributed by atoms with E-state index < -0.39 is 0 Å². The van der Waals surface area contributed by atoms with Crippen LogP contribution in [-0.2, 0) is 0 Å². The minimum Gasteiger partial charge on any atom is -0.308 e. The Labute approximate surface area is 121 Å². The number of nitrogens with zero attached hydrogens (tertiary/aromatic N) is 4. The molecule has 0 saturated heterocycles. The Morgan fingerprint density at radius 1 is 0.579 bits per heavy atom. The van der Waals surface area contributed by atoms with Crippen molar-refractivity contribution in [2.45, 2.75) is 38.9 Å². The molecule has 0 aromatic rings. The van der Waals surface area contributed by atoms with Gasteiger partial charge in [0.15, 0.2) is 0 Å². The summed E-state index contributed by atoms with van der Waals surface area (Å²) in [4.78, 5) is 9.45. The fraction of sp³-hybridized carbons (Fsp3) is 1.00. The Morgan fingerprint density at radius 3 is 1.32 bits per heavy atom. The van der Waals surface area contributed by atoms with Crippen LogP contribution in [0.15, 0.2) is 0 Å². The number of rotatable bonds is 9. The van der Waals surface area contributed by atoms with E-state index >= 15 is 0 Å². The van der Waals surface area contributed by atoms with Gasteiger partial charge >= 0.3 is 0 Å². The molecule has 0 aromatic heterocycles. The van der Waals surface area contributed by atoms with Gasteiger partial charge in [0, 0.05) is 37.8 Å². The molecule has 0 radical (unpaired) electrons. The molecule has 116 valence electrons. The lowest BCUT2D eigenvalue weighted by Crippen LogP contribution is -2.47. The lowest BCUT2D eigenvalue weighted by Gasteiger charge is -2.35. The average Bonchev–Trinajstić information content (AvgIpc) is 2.27. The van der Waals surface area contributed by atoms with Gasteiger partial charge < -0.3 is 19.6 Å². The summed E-state index contributed by atoms with van der Waals surface area (Å²) in [6.07, 6.45) is 0. The second kappa shape index (κ2) is 8.90. The second-order valence-electron chi connectivity index (χ2n) is 6.65. The number of likely N-dealkylation sites (N-methyl/N-ethyl adjacent to an activating group) is 4. The van der Waals surface area contributed by atoms with Crippen molar-refractivity contribution < 1.29 is 0 Å². The van der Waals surface area contributed by atoms with E-state index in [1.54, 1.807) is 0 Å². The maximum absolute atomic E-state index is 2.46. The van der Waals surface area contributed by atoms with E-state index in [9.17, 15) is 0 Å². The van der Waals surface area contributed by atoms with E-state index in [-0.39, 0.29) is 0 Å². The summed E-state index contributed by atoms with van der Waals surface area (Å²) in [5.74, 6) is 0. The van der Waals surface area contributed by atoms with Crippen molar-refractivity contribution in [3.05, 3.63) is 0 Å². The summed E-state index contributed by atoms with van der Waals surface area (Å²) in [5, 5.41) is 0. The van der Waals surface area contributed by atoms with E-state index in [4.69, 9.17) is 0 Å². The van der Waals surface area contributed by atoms with Gasteiger partial charge in [-0.25, -0.2) is 0 Å². The van der Waals surface area contributed by atoms with Crippen LogP contribution < -0.4 is 0 Å². The molecule has 0 aliphatic rings. The van der Waals surface area contributed by atoms with Gasteiger partial charge in [0.05, 0.1) is 0 Å². The van der Waals surface area contributed by atoms with Crippen LogP contribution in [0, 0.1) is 0 Å². The summed E-state index contributed by atoms with van der Waals surface area (Å²) in [6.45, 7) is 10.2. The first-order valence-electron chi connectivity index (χ1n) is 7.36. The first-order valence-corrected chi connectivity index (χ1v) is 7.36. The topological polar surface area (TPSA) is 13.0 Å². The molecule has 0 heterocycles. The normalized spacial score (nSPS) is 17.5. The van der Waals surface area contributed by atoms with Gasteiger partial charge in [-0.2, -0.15) is 0 Å². The summed E-state index contributed by atoms with van der Waals surface area (Å²) in [7, 11) is 13.0. The molecular formula is C15H36N4. The Bertz CT molecular complexity index is 230. The molecule has 19 heavy (non-hydrogen) atoms. The molecule has 0 aliphatic heterocycles. The zero-order valence-corrected chi connectivity index (χ0v) is 14.6. The summed E-state index contributed by atoms with van der Waals surface area (Å²) < 4.78 is 0. The van der Waals surface area contributed by atoms with Gasteiger partial charge in [0.1, 0.15) is 0 Å². The van der Waals surface area contributed by atoms with E-state index in [2.05, 4.69) is 82.7 Å². The van der Waals surface area contributed by atoms with Crippen LogP contribution in [0.4, 0.5) is 0 Å². The zero-order valence-electron chi connectivity index (χ0n) is 14.6. The molecule has 0 aliphatic carbocycles. The highest BCUT2D eigenvalue weighted by Gasteiger charge is 2.18. The number of hydrogen-bond acceptors (Lipinski definition) is 4. The van der Waals surface area contributed by atoms with Crippen molar-refractivity contribution in [1.29, 1.82) is 0 Å². The molecule has 3 unspecified atom stereocenters. The third-order valence-corrected chi connectivity index (χ3v) is 4.12. The molecule has 0 saturated carbocycles. The predicted molar refractivity (Wildman–Crippen MR) is 85.9 cm³/mol. The molecule has 0 bridgehead atoms. The van der Waals surface area contributed by atoms with Crippen LogP contribution >= 0.6 is 0 Å². The van der Waals surface area contributed by atoms with Crippen molar-refractivity contribution in [3.63, 3.8) is 0 Å². The van der Waals surface area contributed by atoms with Gasteiger partial charge in [0.25, 0.3) is 0 Å². The van der Waals surface area contributed by atoms with Crippen molar-refractivity contribution >= 4 is 0 Å². The standard InChI is InChI=1S/C15H36N4/c1-13(17(6)7)11-18(8)15(3)12-19(9)14(2)10-16(4)5/h13-15H,10-12H2,1-9H3. The quantitative estimate of drug-likeness (QED) is 0.624. The van der Waals surface area contributed by atoms with Gasteiger partial charge in [-0.05, 0) is 63.1 Å². The third kappa shape index (κ3) is 7.88. The Hall–Kier alpha value is -0.160. The summed E-state index contributed by atoms with van der Waals surface area (Å²) in [6, 6.07) is 1.77. The summed E-state index contributed by atoms with van der Waals surface area (Å²) in [5.41, 5.74) is 0. The minimum absolute atomic E-state index is 0.581. The van der Waals surface area contributed by atoms with Crippen LogP contribution in [-0.4, -0.2) is 99.6 Å². The maximum atomic E-state index is 2.46. The summed E-state index contributed by atoms with van der Waals surface area (Å²) >= 11 is 0. The SMILES string of the molecule is CC(CN(C)C(C)CN(C)C(C)CN(C)C)N(C)C. The highest BCUT2D eigenvalue weighted by atomic mass is 15.2. The molecule has 0 N–H and O–H groups in total. The molecule has 0 rings (SSSR count). The van der Waals surface area contributed by atoms with E-state index in [0.717, 1.165) is 19.6 Å². The fourth-order valence-corrected chi connectivity index (χ4v) is 2.16. The Morgan fingerprint density at radius 2 is 0.947 bits per heavy atom. The van der Waals surface area contributed by atoms with Crippen molar-refractivity contribution in [1.82, 2.24) is 19.6 Å². The molecule has 0 spiro atoms. The van der Waals surface area contributed by atoms with E-state index in [1.165, 1.54) is 0 Å². The van der Waals surface area contributed by atoms with Gasteiger partial charge in [0.2, 0.25) is 0 Å². The van der Waals surface area contributed by atoms with Crippen LogP contribution in [0.3, 0.4) is 0 Å². The Balaban J connectivity index is 4.16. The first kappa shape index (κ1) is 18.8. The minimum atomic E-state index is 0.581. The molecule has 0 amide bonds. The maximum Gasteiger partial charge on any atom is 0.0192 e. The van der Waals surface area contributed by atoms with E-state index in [0.29, 0.717) is 18.1 Å². The molecule has 4 nitrogen and oxygen atoms in total. The fourth-order valence-electron chi connectivity index (χ4n) is 2.16. The molecule has 3 atom stereocenters. The van der Waals surface area contributed by atoms with Crippen molar-refractivity contribution in [2.75, 3.05) is 61.9 Å². The molecule has 0 aromatic carbocycles. The largest absolute Gasteiger partial charge is 0.308 e. The van der Waals surface area contributed by atoms with Crippen LogP contribution in [0.1, 0.15) is 20.8 Å². The van der Waals surface area contributed by atoms with Crippen LogP contribution in [0.2, 0.25) is 0 Å². The second-order valence-corrected chi connectivity index (χ2v) is 6.65. The van der Waals surface area contributed by atoms with Gasteiger partial charge in [-0.3, -0.25) is 0 Å². The van der Waals surface area contributed by atoms with Crippen molar-refractivity contribution in [3.8, 4) is 0 Å². The lowest BCUT2D eigenvalue weighted by molar-refractivity contribution is 0.129. The predicted octanol–water partition coefficient (Wildman–Crippen LogP) is 1.14. The Kier molecular flexibility index (Phi) is 8.83. The molecule has 4 heteroatoms. The van der Waals surface area contributed by atoms with Gasteiger partial charge in [-0.1, -0.05) is 0 Å². The monoisotopic (exact) mass is 272 g/mol. The smallest absolute Gasteiger partial charge is 0.0192 e. The van der Waals surface area contributed by atoms with Gasteiger partial charge in [-0.15, -0.1) is 0 Å². The third-order valence-electron chi connectivity index (χ3n) is 4.12. The highest BCUT2D eigenvalue weighted by molar-refractivity contribution is 4.75. The average molecular weight is 272 g/mol.